The van der Waals surface area contributed by atoms with Gasteiger partial charge in [-0.05, 0) is 90.9 Å². The summed E-state index contributed by atoms with van der Waals surface area (Å²) in [6, 6.07) is 17.7. The Balaban J connectivity index is 1.11. The standard InChI is InChI=1S/C33H26BrClN4O7S3/c34-14-1-10-22(46-13-23(40)37-16-4-8-18(9-5-16)49(36,44)45)19(11-14)24-25-20-12-21(28(25)47-30-29(24)48-33(43)38-30)27-26(20)31(41)39(32(27)42)17-6-2-15(35)3-7-17/h1-11,20-21,24-28H,12-13H2,(H,37,40)(H,38,43)(H2,36,44,45)/t20-,21-,24-,25?,26?,27?,28?/m1/s1. The Morgan fingerprint density at radius 2 is 1.71 bits per heavy atom. The molecule has 4 unspecified atom stereocenters. The summed E-state index contributed by atoms with van der Waals surface area (Å²) >= 11 is 12.4. The number of fused-ring (bicyclic) bond motifs is 9. The molecule has 0 spiro atoms. The number of sulfonamides is 1. The number of ether oxygens (including phenoxy) is 1. The molecule has 1 aromatic heterocycles. The number of carbonyl (C=O) groups is 3. The first-order chi connectivity index (χ1) is 23.4. The van der Waals surface area contributed by atoms with Gasteiger partial charge in [0.25, 0.3) is 5.91 Å². The summed E-state index contributed by atoms with van der Waals surface area (Å²) in [5.41, 5.74) is 1.64. The van der Waals surface area contributed by atoms with Gasteiger partial charge in [0.05, 0.1) is 27.4 Å². The number of benzene rings is 3. The van der Waals surface area contributed by atoms with Gasteiger partial charge < -0.3 is 15.0 Å². The molecule has 0 radical (unpaired) electrons. The molecule has 11 nitrogen and oxygen atoms in total. The topological polar surface area (TPSA) is 169 Å². The zero-order valence-corrected chi connectivity index (χ0v) is 30.0. The number of thiazole rings is 1. The van der Waals surface area contributed by atoms with Crippen LogP contribution in [0, 0.1) is 29.6 Å². The van der Waals surface area contributed by atoms with Crippen LogP contribution in [0.2, 0.25) is 5.02 Å². The van der Waals surface area contributed by atoms with E-state index in [9.17, 15) is 27.6 Å². The zero-order chi connectivity index (χ0) is 34.4. The second-order valence-electron chi connectivity index (χ2n) is 12.5. The molecule has 2 saturated carbocycles. The minimum atomic E-state index is -3.88. The number of hydrogen-bond acceptors (Lipinski definition) is 9. The number of imide groups is 1. The normalized spacial score (nSPS) is 26.8. The minimum absolute atomic E-state index is 0.0358. The van der Waals surface area contributed by atoms with Crippen LogP contribution in [0.5, 0.6) is 5.75 Å². The van der Waals surface area contributed by atoms with Gasteiger partial charge in [-0.1, -0.05) is 38.9 Å². The van der Waals surface area contributed by atoms with Gasteiger partial charge in [0.1, 0.15) is 5.75 Å². The average molecular weight is 802 g/mol. The van der Waals surface area contributed by atoms with Crippen LogP contribution in [-0.4, -0.2) is 43.0 Å². The number of aromatic amines is 1. The summed E-state index contributed by atoms with van der Waals surface area (Å²) in [7, 11) is -3.88. The summed E-state index contributed by atoms with van der Waals surface area (Å²) in [5.74, 6) is -1.97. The van der Waals surface area contributed by atoms with Gasteiger partial charge in [-0.2, -0.15) is 0 Å². The number of halogens is 2. The molecule has 49 heavy (non-hydrogen) atoms. The summed E-state index contributed by atoms with van der Waals surface area (Å²) in [4.78, 5) is 58.6. The predicted octanol–water partition coefficient (Wildman–Crippen LogP) is 5.20. The Labute approximate surface area is 301 Å². The van der Waals surface area contributed by atoms with Crippen molar-refractivity contribution in [3.05, 3.63) is 96.3 Å². The maximum absolute atomic E-state index is 14.1. The Bertz CT molecular complexity index is 2210. The Morgan fingerprint density at radius 3 is 2.41 bits per heavy atom. The molecule has 7 atom stereocenters. The molecule has 1 saturated heterocycles. The number of H-pyrrole nitrogens is 1. The SMILES string of the molecule is NS(=O)(=O)c1ccc(NC(=O)COc2ccc(Br)cc2[C@H]2c3sc(=O)[nH]c3SC3C2[C@H]2C[C@@H]3C3C(=O)N(c4ccc(Cl)cc4)C(=O)C32)cc1. The molecule has 4 N–H and O–H groups in total. The molecule has 3 aromatic carbocycles. The number of nitrogens with zero attached hydrogens (tertiary/aromatic N) is 1. The lowest BCUT2D eigenvalue weighted by molar-refractivity contribution is -0.123. The van der Waals surface area contributed by atoms with Crippen LogP contribution < -0.4 is 25.0 Å². The highest BCUT2D eigenvalue weighted by Crippen LogP contribution is 2.69. The number of rotatable bonds is 7. The molecule has 2 aliphatic heterocycles. The van der Waals surface area contributed by atoms with Crippen molar-refractivity contribution in [1.29, 1.82) is 0 Å². The lowest BCUT2D eigenvalue weighted by Crippen LogP contribution is -2.42. The van der Waals surface area contributed by atoms with Crippen LogP contribution in [-0.2, 0) is 24.4 Å². The quantitative estimate of drug-likeness (QED) is 0.215. The number of anilines is 2. The van der Waals surface area contributed by atoms with Gasteiger partial charge in [-0.15, -0.1) is 11.8 Å². The predicted molar refractivity (Wildman–Crippen MR) is 189 cm³/mol. The van der Waals surface area contributed by atoms with E-state index in [0.717, 1.165) is 37.7 Å². The van der Waals surface area contributed by atoms with Crippen molar-refractivity contribution in [2.24, 2.45) is 34.7 Å². The number of nitrogens with one attached hydrogen (secondary N) is 2. The third-order valence-corrected chi connectivity index (χ3v) is 14.2. The van der Waals surface area contributed by atoms with E-state index in [1.807, 2.05) is 6.07 Å². The highest BCUT2D eigenvalue weighted by atomic mass is 79.9. The molecule has 3 heterocycles. The third kappa shape index (κ3) is 5.54. The highest BCUT2D eigenvalue weighted by Gasteiger charge is 2.69. The first kappa shape index (κ1) is 32.7. The van der Waals surface area contributed by atoms with Crippen molar-refractivity contribution in [2.75, 3.05) is 16.8 Å². The number of nitrogens with two attached hydrogens (primary N) is 1. The molecule has 3 amide bonds. The fraction of sp³-hybridized carbons (Fsp3) is 0.273. The molecule has 4 aromatic rings. The van der Waals surface area contributed by atoms with E-state index >= 15 is 0 Å². The van der Waals surface area contributed by atoms with E-state index < -0.39 is 27.8 Å². The maximum atomic E-state index is 14.1. The van der Waals surface area contributed by atoms with Crippen LogP contribution in [0.4, 0.5) is 11.4 Å². The zero-order valence-electron chi connectivity index (χ0n) is 25.2. The Kier molecular flexibility index (Phi) is 8.07. The molecule has 16 heteroatoms. The monoisotopic (exact) mass is 800 g/mol. The maximum Gasteiger partial charge on any atom is 0.305 e. The van der Waals surface area contributed by atoms with E-state index in [1.165, 1.54) is 29.2 Å². The second kappa shape index (κ2) is 12.1. The van der Waals surface area contributed by atoms with Gasteiger partial charge in [-0.3, -0.25) is 24.1 Å². The summed E-state index contributed by atoms with van der Waals surface area (Å²) in [6.07, 6.45) is 0.718. The van der Waals surface area contributed by atoms with Gasteiger partial charge in [0.15, 0.2) is 6.61 Å². The fourth-order valence-corrected chi connectivity index (χ4v) is 12.1. The van der Waals surface area contributed by atoms with Gasteiger partial charge in [0, 0.05) is 36.8 Å². The summed E-state index contributed by atoms with van der Waals surface area (Å²) in [5, 5.41) is 9.09. The third-order valence-electron chi connectivity index (χ3n) is 9.94. The van der Waals surface area contributed by atoms with E-state index in [4.69, 9.17) is 21.5 Å². The van der Waals surface area contributed by atoms with Crippen LogP contribution in [0.15, 0.2) is 85.9 Å². The molecule has 8 rings (SSSR count). The van der Waals surface area contributed by atoms with Crippen LogP contribution in [0.3, 0.4) is 0 Å². The van der Waals surface area contributed by atoms with Crippen molar-refractivity contribution in [3.63, 3.8) is 0 Å². The largest absolute Gasteiger partial charge is 0.483 e. The van der Waals surface area contributed by atoms with E-state index in [0.29, 0.717) is 22.1 Å². The fourth-order valence-electron chi connectivity index (χ4n) is 8.17. The molecular weight excluding hydrogens is 776 g/mol. The summed E-state index contributed by atoms with van der Waals surface area (Å²) in [6.45, 7) is -0.350. The van der Waals surface area contributed by atoms with Gasteiger partial charge in [0.2, 0.25) is 21.8 Å². The number of aromatic nitrogens is 1. The number of hydrogen-bond donors (Lipinski definition) is 3. The van der Waals surface area contributed by atoms with Crippen LogP contribution in [0.1, 0.15) is 22.8 Å². The molecular formula is C33H26BrClN4O7S3. The van der Waals surface area contributed by atoms with Crippen molar-refractivity contribution in [3.8, 4) is 5.75 Å². The van der Waals surface area contributed by atoms with Crippen molar-refractivity contribution in [2.45, 2.75) is 27.5 Å². The first-order valence-electron chi connectivity index (χ1n) is 15.3. The number of amides is 3. The smallest absolute Gasteiger partial charge is 0.305 e. The van der Waals surface area contributed by atoms with Crippen molar-refractivity contribution >= 4 is 89.7 Å². The second-order valence-corrected chi connectivity index (χ2v) is 17.7. The van der Waals surface area contributed by atoms with Crippen LogP contribution >= 0.6 is 50.6 Å². The first-order valence-corrected chi connectivity index (χ1v) is 19.7. The lowest BCUT2D eigenvalue weighted by atomic mass is 9.68. The molecule has 4 aliphatic rings. The number of primary sulfonamides is 1. The Morgan fingerprint density at radius 1 is 1.02 bits per heavy atom. The number of thioether (sulfide) groups is 1. The highest BCUT2D eigenvalue weighted by molar-refractivity contribution is 9.10. The van der Waals surface area contributed by atoms with E-state index in [1.54, 1.807) is 48.2 Å². The number of carbonyl (C=O) groups excluding carboxylic acids is 3. The van der Waals surface area contributed by atoms with Crippen molar-refractivity contribution < 1.29 is 27.5 Å². The van der Waals surface area contributed by atoms with Gasteiger partial charge in [-0.25, -0.2) is 13.6 Å². The average Bonchev–Trinajstić information content (AvgIpc) is 3.79. The molecule has 2 bridgehead atoms. The van der Waals surface area contributed by atoms with Gasteiger partial charge >= 0.3 is 4.87 Å². The van der Waals surface area contributed by atoms with E-state index in [2.05, 4.69) is 26.2 Å². The Hall–Kier alpha value is -3.47. The van der Waals surface area contributed by atoms with Crippen molar-refractivity contribution in [1.82, 2.24) is 4.98 Å². The summed E-state index contributed by atoms with van der Waals surface area (Å²) < 4.78 is 30.1. The molecule has 252 valence electrons. The minimum Gasteiger partial charge on any atom is -0.483 e. The molecule has 3 fully saturated rings. The van der Waals surface area contributed by atoms with Crippen LogP contribution in [0.25, 0.3) is 0 Å². The molecule has 2 aliphatic carbocycles. The lowest BCUT2D eigenvalue weighted by Gasteiger charge is -2.43. The van der Waals surface area contributed by atoms with E-state index in [-0.39, 0.29) is 57.1 Å².